The number of ether oxygens (including phenoxy) is 1. The van der Waals surface area contributed by atoms with Crippen LogP contribution in [-0.2, 0) is 14.3 Å². The zero-order chi connectivity index (χ0) is 20.3. The first-order chi connectivity index (χ1) is 13.2. The highest BCUT2D eigenvalue weighted by atomic mass is 16.5. The number of rotatable bonds is 2. The molecule has 4 nitrogen and oxygen atoms in total. The highest BCUT2D eigenvalue weighted by Gasteiger charge is 2.61. The Morgan fingerprint density at radius 3 is 2.71 bits per heavy atom. The van der Waals surface area contributed by atoms with Crippen LogP contribution in [0.15, 0.2) is 23.3 Å². The van der Waals surface area contributed by atoms with E-state index in [1.807, 2.05) is 13.0 Å². The van der Waals surface area contributed by atoms with Crippen LogP contribution in [0.5, 0.6) is 0 Å². The Morgan fingerprint density at radius 2 is 2.00 bits per heavy atom. The number of aliphatic hydroxyl groups excluding tert-OH is 1. The molecular formula is C24H34O4. The molecule has 7 unspecified atom stereocenters. The third-order valence-electron chi connectivity index (χ3n) is 8.67. The molecule has 0 aromatic carbocycles. The lowest BCUT2D eigenvalue weighted by molar-refractivity contribution is -0.139. The van der Waals surface area contributed by atoms with Gasteiger partial charge < -0.3 is 9.84 Å². The van der Waals surface area contributed by atoms with Gasteiger partial charge in [-0.15, -0.1) is 0 Å². The van der Waals surface area contributed by atoms with Crippen molar-refractivity contribution >= 4 is 11.8 Å². The van der Waals surface area contributed by atoms with Crippen molar-refractivity contribution in [3.8, 4) is 0 Å². The Kier molecular flexibility index (Phi) is 4.85. The van der Waals surface area contributed by atoms with Crippen molar-refractivity contribution in [1.29, 1.82) is 0 Å². The maximum absolute atomic E-state index is 12.3. The van der Waals surface area contributed by atoms with E-state index in [1.165, 1.54) is 18.1 Å². The maximum Gasteiger partial charge on any atom is 0.302 e. The van der Waals surface area contributed by atoms with Crippen LogP contribution in [0.4, 0.5) is 0 Å². The van der Waals surface area contributed by atoms with E-state index in [0.29, 0.717) is 18.4 Å². The summed E-state index contributed by atoms with van der Waals surface area (Å²) in [6, 6.07) is 0. The lowest BCUT2D eigenvalue weighted by atomic mass is 9.46. The van der Waals surface area contributed by atoms with Crippen LogP contribution in [-0.4, -0.2) is 29.6 Å². The Labute approximate surface area is 168 Å². The molecule has 0 aliphatic heterocycles. The van der Waals surface area contributed by atoms with Crippen LogP contribution in [0.25, 0.3) is 0 Å². The van der Waals surface area contributed by atoms with Gasteiger partial charge in [-0.25, -0.2) is 0 Å². The van der Waals surface area contributed by atoms with Crippen LogP contribution >= 0.6 is 0 Å². The van der Waals surface area contributed by atoms with Crippen LogP contribution in [0.3, 0.4) is 0 Å². The van der Waals surface area contributed by atoms with Crippen molar-refractivity contribution in [3.63, 3.8) is 0 Å². The van der Waals surface area contributed by atoms with Gasteiger partial charge in [-0.2, -0.15) is 0 Å². The van der Waals surface area contributed by atoms with E-state index in [0.717, 1.165) is 38.5 Å². The molecule has 0 radical (unpaired) electrons. The SMILES string of the molecule is CC(=O)OCC=C1CCC2C3CCC4=CC(=O)C(C)CC4(C)C3C(O)CC12C. The molecule has 0 amide bonds. The summed E-state index contributed by atoms with van der Waals surface area (Å²) in [6.45, 7) is 8.42. The summed E-state index contributed by atoms with van der Waals surface area (Å²) in [5.41, 5.74) is 2.58. The molecule has 0 aromatic rings. The van der Waals surface area contributed by atoms with Crippen molar-refractivity contribution < 1.29 is 19.4 Å². The Hall–Kier alpha value is -1.42. The number of carbonyl (C=O) groups is 2. The number of aliphatic hydroxyl groups is 1. The molecule has 0 bridgehead atoms. The Balaban J connectivity index is 1.64. The average molecular weight is 387 g/mol. The van der Waals surface area contributed by atoms with Crippen LogP contribution in [0.1, 0.15) is 66.2 Å². The largest absolute Gasteiger partial charge is 0.462 e. The molecule has 28 heavy (non-hydrogen) atoms. The van der Waals surface area contributed by atoms with Gasteiger partial charge in [0.15, 0.2) is 5.78 Å². The normalized spacial score (nSPS) is 46.5. The molecule has 0 saturated heterocycles. The summed E-state index contributed by atoms with van der Waals surface area (Å²) < 4.78 is 5.15. The molecule has 0 aromatic heterocycles. The first-order valence-corrected chi connectivity index (χ1v) is 10.9. The lowest BCUT2D eigenvalue weighted by Gasteiger charge is -2.59. The molecule has 4 aliphatic rings. The Morgan fingerprint density at radius 1 is 1.25 bits per heavy atom. The van der Waals surface area contributed by atoms with Crippen molar-refractivity contribution in [2.24, 2.45) is 34.5 Å². The summed E-state index contributed by atoms with van der Waals surface area (Å²) in [4.78, 5) is 23.4. The molecule has 7 atom stereocenters. The molecular weight excluding hydrogens is 352 g/mol. The standard InChI is InChI=1S/C24H34O4/c1-14-12-24(4)17(11-20(14)26)5-7-18-19-8-6-16(9-10-28-15(2)25)23(19,3)13-21(27)22(18)24/h9,11,14,18-19,21-22,27H,5-8,10,12-13H2,1-4H3. The topological polar surface area (TPSA) is 63.6 Å². The van der Waals surface area contributed by atoms with Crippen molar-refractivity contribution in [2.45, 2.75) is 72.3 Å². The van der Waals surface area contributed by atoms with E-state index >= 15 is 0 Å². The smallest absolute Gasteiger partial charge is 0.302 e. The summed E-state index contributed by atoms with van der Waals surface area (Å²) >= 11 is 0. The van der Waals surface area contributed by atoms with Crippen LogP contribution in [0, 0.1) is 34.5 Å². The number of esters is 1. The molecule has 3 saturated carbocycles. The minimum absolute atomic E-state index is 0.00554. The third kappa shape index (κ3) is 2.91. The summed E-state index contributed by atoms with van der Waals surface area (Å²) in [5.74, 6) is 1.37. The van der Waals surface area contributed by atoms with E-state index in [-0.39, 0.29) is 40.5 Å². The van der Waals surface area contributed by atoms with Crippen LogP contribution in [0.2, 0.25) is 0 Å². The third-order valence-corrected chi connectivity index (χ3v) is 8.67. The number of hydrogen-bond acceptors (Lipinski definition) is 4. The molecule has 154 valence electrons. The van der Waals surface area contributed by atoms with Gasteiger partial charge in [0.1, 0.15) is 6.61 Å². The second kappa shape index (κ2) is 6.83. The van der Waals surface area contributed by atoms with Gasteiger partial charge in [0, 0.05) is 12.8 Å². The van der Waals surface area contributed by atoms with Gasteiger partial charge >= 0.3 is 5.97 Å². The lowest BCUT2D eigenvalue weighted by Crippen LogP contribution is -2.56. The van der Waals surface area contributed by atoms with E-state index in [1.54, 1.807) is 0 Å². The van der Waals surface area contributed by atoms with Crippen molar-refractivity contribution in [3.05, 3.63) is 23.3 Å². The zero-order valence-electron chi connectivity index (χ0n) is 17.7. The van der Waals surface area contributed by atoms with E-state index in [2.05, 4.69) is 19.9 Å². The van der Waals surface area contributed by atoms with E-state index < -0.39 is 0 Å². The molecule has 4 rings (SSSR count). The average Bonchev–Trinajstić information content (AvgIpc) is 2.92. The fourth-order valence-corrected chi connectivity index (χ4v) is 7.47. The number of allylic oxidation sites excluding steroid dienone is 2. The highest BCUT2D eigenvalue weighted by molar-refractivity contribution is 5.93. The fourth-order valence-electron chi connectivity index (χ4n) is 7.47. The molecule has 0 heterocycles. The molecule has 4 heteroatoms. The van der Waals surface area contributed by atoms with Gasteiger partial charge in [-0.1, -0.05) is 31.9 Å². The number of carbonyl (C=O) groups excluding carboxylic acids is 2. The van der Waals surface area contributed by atoms with Gasteiger partial charge in [-0.3, -0.25) is 9.59 Å². The van der Waals surface area contributed by atoms with Gasteiger partial charge in [0.2, 0.25) is 0 Å². The van der Waals surface area contributed by atoms with Gasteiger partial charge in [0.05, 0.1) is 6.10 Å². The minimum atomic E-state index is -0.351. The first-order valence-electron chi connectivity index (χ1n) is 10.9. The van der Waals surface area contributed by atoms with Crippen LogP contribution < -0.4 is 0 Å². The number of ketones is 1. The Bertz CT molecular complexity index is 750. The van der Waals surface area contributed by atoms with Crippen molar-refractivity contribution in [1.82, 2.24) is 0 Å². The van der Waals surface area contributed by atoms with Gasteiger partial charge in [-0.05, 0) is 79.3 Å². The minimum Gasteiger partial charge on any atom is -0.462 e. The van der Waals surface area contributed by atoms with E-state index in [4.69, 9.17) is 4.74 Å². The first kappa shape index (κ1) is 19.9. The number of hydrogen-bond donors (Lipinski definition) is 1. The number of fused-ring (bicyclic) bond motifs is 5. The van der Waals surface area contributed by atoms with Gasteiger partial charge in [0.25, 0.3) is 0 Å². The fraction of sp³-hybridized carbons (Fsp3) is 0.750. The predicted molar refractivity (Wildman–Crippen MR) is 107 cm³/mol. The highest BCUT2D eigenvalue weighted by Crippen LogP contribution is 2.66. The molecule has 1 N–H and O–H groups in total. The summed E-state index contributed by atoms with van der Waals surface area (Å²) in [6.07, 6.45) is 9.53. The second-order valence-electron chi connectivity index (χ2n) is 10.2. The summed E-state index contributed by atoms with van der Waals surface area (Å²) in [5, 5.41) is 11.4. The quantitative estimate of drug-likeness (QED) is 0.570. The molecule has 3 fully saturated rings. The van der Waals surface area contributed by atoms with E-state index in [9.17, 15) is 14.7 Å². The molecule has 4 aliphatic carbocycles. The molecule has 0 spiro atoms. The predicted octanol–water partition coefficient (Wildman–Crippen LogP) is 4.22. The summed E-state index contributed by atoms with van der Waals surface area (Å²) in [7, 11) is 0. The monoisotopic (exact) mass is 386 g/mol. The second-order valence-corrected chi connectivity index (χ2v) is 10.2. The maximum atomic E-state index is 12.3. The van der Waals surface area contributed by atoms with Crippen molar-refractivity contribution in [2.75, 3.05) is 6.61 Å². The zero-order valence-corrected chi connectivity index (χ0v) is 17.7.